The summed E-state index contributed by atoms with van der Waals surface area (Å²) in [5, 5.41) is 0. The van der Waals surface area contributed by atoms with E-state index in [1.165, 1.54) is 0 Å². The Hall–Kier alpha value is -0.200. The SMILES string of the molecule is CC(CN(C)C)C(CN(C)C)OC(CN(C)C)C(C)CN(C)C. The molecule has 0 aromatic carbocycles. The van der Waals surface area contributed by atoms with Crippen LogP contribution >= 0.6 is 0 Å². The van der Waals surface area contributed by atoms with Gasteiger partial charge in [-0.05, 0) is 68.2 Å². The standard InChI is InChI=1S/C18H42N4O/c1-15(11-19(3)4)17(13-21(7)8)23-18(14-22(9)10)16(2)12-20(5)6/h15-18H,11-14H2,1-10H3. The third-order valence-corrected chi connectivity index (χ3v) is 4.02. The number of hydrogen-bond acceptors (Lipinski definition) is 5. The van der Waals surface area contributed by atoms with E-state index in [2.05, 4.69) is 89.8 Å². The molecule has 0 saturated heterocycles. The first-order valence-electron chi connectivity index (χ1n) is 8.77. The molecule has 23 heavy (non-hydrogen) atoms. The molecule has 0 radical (unpaired) electrons. The highest BCUT2D eigenvalue weighted by Crippen LogP contribution is 2.18. The lowest BCUT2D eigenvalue weighted by atomic mass is 10.00. The van der Waals surface area contributed by atoms with Crippen LogP contribution in [0.1, 0.15) is 13.8 Å². The van der Waals surface area contributed by atoms with Gasteiger partial charge in [0.15, 0.2) is 0 Å². The lowest BCUT2D eigenvalue weighted by molar-refractivity contribution is -0.0839. The molecule has 4 atom stereocenters. The van der Waals surface area contributed by atoms with Crippen molar-refractivity contribution in [2.24, 2.45) is 11.8 Å². The molecule has 0 aliphatic rings. The Bertz CT molecular complexity index is 267. The lowest BCUT2D eigenvalue weighted by Crippen LogP contribution is -2.45. The van der Waals surface area contributed by atoms with Crippen molar-refractivity contribution in [2.75, 3.05) is 82.6 Å². The number of nitrogens with zero attached hydrogens (tertiary/aromatic N) is 4. The van der Waals surface area contributed by atoms with E-state index in [1.807, 2.05) is 0 Å². The van der Waals surface area contributed by atoms with Gasteiger partial charge in [0.1, 0.15) is 0 Å². The zero-order valence-corrected chi connectivity index (χ0v) is 17.3. The zero-order valence-electron chi connectivity index (χ0n) is 17.3. The van der Waals surface area contributed by atoms with E-state index in [4.69, 9.17) is 4.74 Å². The van der Waals surface area contributed by atoms with Gasteiger partial charge < -0.3 is 24.3 Å². The van der Waals surface area contributed by atoms with Crippen LogP contribution in [0, 0.1) is 11.8 Å². The quantitative estimate of drug-likeness (QED) is 0.536. The van der Waals surface area contributed by atoms with E-state index in [0.717, 1.165) is 26.2 Å². The molecule has 0 amide bonds. The van der Waals surface area contributed by atoms with Crippen LogP contribution in [-0.2, 0) is 4.74 Å². The van der Waals surface area contributed by atoms with Crippen LogP contribution < -0.4 is 0 Å². The molecule has 0 spiro atoms. The second-order valence-corrected chi connectivity index (χ2v) is 8.22. The Morgan fingerprint density at radius 3 is 1.00 bits per heavy atom. The van der Waals surface area contributed by atoms with Crippen LogP contribution in [0.15, 0.2) is 0 Å². The van der Waals surface area contributed by atoms with E-state index >= 15 is 0 Å². The molecule has 0 aliphatic heterocycles. The third kappa shape index (κ3) is 11.1. The van der Waals surface area contributed by atoms with Crippen molar-refractivity contribution in [2.45, 2.75) is 26.1 Å². The molecule has 0 aromatic rings. The number of hydrogen-bond donors (Lipinski definition) is 0. The van der Waals surface area contributed by atoms with Crippen molar-refractivity contribution in [1.82, 2.24) is 19.6 Å². The second-order valence-electron chi connectivity index (χ2n) is 8.22. The van der Waals surface area contributed by atoms with Crippen LogP contribution in [0.25, 0.3) is 0 Å². The highest BCUT2D eigenvalue weighted by molar-refractivity contribution is 4.78. The molecule has 0 rings (SSSR count). The first kappa shape index (κ1) is 22.8. The smallest absolute Gasteiger partial charge is 0.0743 e. The highest BCUT2D eigenvalue weighted by Gasteiger charge is 2.27. The van der Waals surface area contributed by atoms with Gasteiger partial charge in [0.25, 0.3) is 0 Å². The van der Waals surface area contributed by atoms with Crippen molar-refractivity contribution in [1.29, 1.82) is 0 Å². The van der Waals surface area contributed by atoms with Gasteiger partial charge in [0.05, 0.1) is 12.2 Å². The summed E-state index contributed by atoms with van der Waals surface area (Å²) in [5.41, 5.74) is 0. The minimum absolute atomic E-state index is 0.252. The fourth-order valence-electron chi connectivity index (χ4n) is 3.05. The minimum Gasteiger partial charge on any atom is -0.372 e. The van der Waals surface area contributed by atoms with Gasteiger partial charge in [-0.1, -0.05) is 13.8 Å². The van der Waals surface area contributed by atoms with Gasteiger partial charge in [0.2, 0.25) is 0 Å². The molecule has 0 N–H and O–H groups in total. The van der Waals surface area contributed by atoms with Crippen molar-refractivity contribution in [3.63, 3.8) is 0 Å². The zero-order chi connectivity index (χ0) is 18.2. The van der Waals surface area contributed by atoms with Crippen LogP contribution in [0.2, 0.25) is 0 Å². The fourth-order valence-corrected chi connectivity index (χ4v) is 3.05. The Kier molecular flexibility index (Phi) is 11.3. The van der Waals surface area contributed by atoms with Gasteiger partial charge in [-0.25, -0.2) is 0 Å². The van der Waals surface area contributed by atoms with E-state index in [0.29, 0.717) is 11.8 Å². The Balaban J connectivity index is 5.00. The first-order chi connectivity index (χ1) is 10.5. The van der Waals surface area contributed by atoms with Crippen LogP contribution in [-0.4, -0.2) is 114 Å². The molecule has 4 unspecified atom stereocenters. The van der Waals surface area contributed by atoms with Gasteiger partial charge in [0, 0.05) is 26.2 Å². The fraction of sp³-hybridized carbons (Fsp3) is 1.00. The van der Waals surface area contributed by atoms with Crippen LogP contribution in [0.4, 0.5) is 0 Å². The monoisotopic (exact) mass is 330 g/mol. The summed E-state index contributed by atoms with van der Waals surface area (Å²) in [6.45, 7) is 8.64. The van der Waals surface area contributed by atoms with Gasteiger partial charge >= 0.3 is 0 Å². The largest absolute Gasteiger partial charge is 0.372 e. The molecular formula is C18H42N4O. The number of ether oxygens (including phenoxy) is 1. The van der Waals surface area contributed by atoms with E-state index < -0.39 is 0 Å². The molecular weight excluding hydrogens is 288 g/mol. The Labute approximate surface area is 145 Å². The van der Waals surface area contributed by atoms with Crippen LogP contribution in [0.3, 0.4) is 0 Å². The normalized spacial score (nSPS) is 18.0. The van der Waals surface area contributed by atoms with Crippen molar-refractivity contribution < 1.29 is 4.74 Å². The summed E-state index contributed by atoms with van der Waals surface area (Å²) >= 11 is 0. The molecule has 5 nitrogen and oxygen atoms in total. The molecule has 0 bridgehead atoms. The average Bonchev–Trinajstić information content (AvgIpc) is 2.33. The number of likely N-dealkylation sites (N-methyl/N-ethyl adjacent to an activating group) is 2. The van der Waals surface area contributed by atoms with Gasteiger partial charge in [-0.15, -0.1) is 0 Å². The third-order valence-electron chi connectivity index (χ3n) is 4.02. The summed E-state index contributed by atoms with van der Waals surface area (Å²) in [4.78, 5) is 8.97. The van der Waals surface area contributed by atoms with Crippen molar-refractivity contribution in [3.05, 3.63) is 0 Å². The summed E-state index contributed by atoms with van der Waals surface area (Å²) in [6.07, 6.45) is 0.504. The lowest BCUT2D eigenvalue weighted by Gasteiger charge is -2.36. The average molecular weight is 331 g/mol. The maximum atomic E-state index is 6.66. The summed E-state index contributed by atoms with van der Waals surface area (Å²) < 4.78 is 6.66. The number of rotatable bonds is 12. The predicted octanol–water partition coefficient (Wildman–Crippen LogP) is 1.26. The summed E-state index contributed by atoms with van der Waals surface area (Å²) in [7, 11) is 17.0. The summed E-state index contributed by atoms with van der Waals surface area (Å²) in [5.74, 6) is 1.01. The molecule has 140 valence electrons. The molecule has 0 aliphatic carbocycles. The topological polar surface area (TPSA) is 22.2 Å². The van der Waals surface area contributed by atoms with E-state index in [-0.39, 0.29) is 12.2 Å². The predicted molar refractivity (Wildman–Crippen MR) is 101 cm³/mol. The minimum atomic E-state index is 0.252. The van der Waals surface area contributed by atoms with Crippen molar-refractivity contribution in [3.8, 4) is 0 Å². The van der Waals surface area contributed by atoms with Gasteiger partial charge in [-0.2, -0.15) is 0 Å². The van der Waals surface area contributed by atoms with E-state index in [9.17, 15) is 0 Å². The van der Waals surface area contributed by atoms with E-state index in [1.54, 1.807) is 0 Å². The molecule has 0 aromatic heterocycles. The molecule has 0 fully saturated rings. The summed E-state index contributed by atoms with van der Waals surface area (Å²) in [6, 6.07) is 0. The second kappa shape index (κ2) is 11.4. The maximum Gasteiger partial charge on any atom is 0.0743 e. The molecule has 0 saturated carbocycles. The van der Waals surface area contributed by atoms with Crippen LogP contribution in [0.5, 0.6) is 0 Å². The Morgan fingerprint density at radius 2 is 0.783 bits per heavy atom. The molecule has 5 heteroatoms. The van der Waals surface area contributed by atoms with Crippen molar-refractivity contribution >= 4 is 0 Å². The highest BCUT2D eigenvalue weighted by atomic mass is 16.5. The first-order valence-corrected chi connectivity index (χ1v) is 8.77. The Morgan fingerprint density at radius 1 is 0.522 bits per heavy atom. The molecule has 0 heterocycles. The maximum absolute atomic E-state index is 6.66. The van der Waals surface area contributed by atoms with Gasteiger partial charge in [-0.3, -0.25) is 0 Å².